The van der Waals surface area contributed by atoms with Crippen molar-refractivity contribution in [1.29, 1.82) is 0 Å². The first kappa shape index (κ1) is 14.5. The van der Waals surface area contributed by atoms with Crippen molar-refractivity contribution in [2.45, 2.75) is 12.5 Å². The summed E-state index contributed by atoms with van der Waals surface area (Å²) in [4.78, 5) is 16.5. The summed E-state index contributed by atoms with van der Waals surface area (Å²) in [7, 11) is 0. The minimum atomic E-state index is -0.317. The summed E-state index contributed by atoms with van der Waals surface area (Å²) >= 11 is 6.83. The lowest BCUT2D eigenvalue weighted by molar-refractivity contribution is 0.0923. The normalized spacial score (nSPS) is 11.5. The number of para-hydroxylation sites is 1. The Morgan fingerprint density at radius 3 is 2.68 bits per heavy atom. The predicted molar refractivity (Wildman–Crippen MR) is 85.2 cm³/mol. The van der Waals surface area contributed by atoms with Gasteiger partial charge in [0.1, 0.15) is 0 Å². The first-order valence-electron chi connectivity index (χ1n) is 5.87. The first-order chi connectivity index (χ1) is 9.08. The average molecular weight is 386 g/mol. The van der Waals surface area contributed by atoms with Gasteiger partial charge in [-0.05, 0) is 19.1 Å². The second-order valence-electron chi connectivity index (χ2n) is 4.70. The number of aromatic nitrogens is 1. The number of fused-ring (bicyclic) bond motifs is 1. The highest BCUT2D eigenvalue weighted by atomic mass is 79.9. The second-order valence-corrected chi connectivity index (χ2v) is 5.82. The Morgan fingerprint density at radius 2 is 2.00 bits per heavy atom. The molecule has 0 saturated heterocycles. The van der Waals surface area contributed by atoms with E-state index in [0.717, 1.165) is 10.9 Å². The lowest BCUT2D eigenvalue weighted by atomic mass is 10.1. The number of rotatable bonds is 4. The molecule has 0 unspecified atom stereocenters. The van der Waals surface area contributed by atoms with Gasteiger partial charge in [-0.2, -0.15) is 0 Å². The van der Waals surface area contributed by atoms with E-state index in [0.29, 0.717) is 16.2 Å². The van der Waals surface area contributed by atoms with Gasteiger partial charge in [-0.1, -0.05) is 50.1 Å². The van der Waals surface area contributed by atoms with E-state index >= 15 is 0 Å². The van der Waals surface area contributed by atoms with E-state index in [9.17, 15) is 4.79 Å². The van der Waals surface area contributed by atoms with Crippen LogP contribution in [0.1, 0.15) is 17.3 Å². The fourth-order valence-corrected chi connectivity index (χ4v) is 2.85. The highest BCUT2D eigenvalue weighted by Gasteiger charge is 2.24. The molecule has 100 valence electrons. The van der Waals surface area contributed by atoms with Gasteiger partial charge < -0.3 is 5.32 Å². The van der Waals surface area contributed by atoms with Crippen molar-refractivity contribution in [1.82, 2.24) is 10.3 Å². The third-order valence-corrected chi connectivity index (χ3v) is 5.33. The Morgan fingerprint density at radius 1 is 1.32 bits per heavy atom. The number of carbonyl (C=O) groups is 1. The van der Waals surface area contributed by atoms with Crippen molar-refractivity contribution >= 4 is 48.7 Å². The third-order valence-electron chi connectivity index (χ3n) is 2.86. The number of benzene rings is 1. The van der Waals surface area contributed by atoms with Crippen LogP contribution in [0.25, 0.3) is 10.9 Å². The third kappa shape index (κ3) is 3.34. The van der Waals surface area contributed by atoms with Gasteiger partial charge in [-0.25, -0.2) is 0 Å². The van der Waals surface area contributed by atoms with Crippen molar-refractivity contribution in [3.05, 3.63) is 42.1 Å². The van der Waals surface area contributed by atoms with Crippen LogP contribution in [0.2, 0.25) is 0 Å². The van der Waals surface area contributed by atoms with E-state index in [-0.39, 0.29) is 11.4 Å². The summed E-state index contributed by atoms with van der Waals surface area (Å²) < 4.78 is 0. The number of nitrogens with zero attached hydrogens (tertiary/aromatic N) is 1. The molecule has 0 atom stereocenters. The van der Waals surface area contributed by atoms with Crippen LogP contribution >= 0.6 is 31.9 Å². The number of alkyl halides is 2. The molecule has 1 heterocycles. The van der Waals surface area contributed by atoms with Crippen LogP contribution < -0.4 is 5.32 Å². The number of halogens is 2. The number of hydrogen-bond acceptors (Lipinski definition) is 2. The number of pyridine rings is 1. The molecule has 3 nitrogen and oxygen atoms in total. The zero-order valence-corrected chi connectivity index (χ0v) is 13.7. The average Bonchev–Trinajstić information content (AvgIpc) is 2.46. The Labute approximate surface area is 129 Å². The Balaban J connectivity index is 2.26. The molecule has 1 N–H and O–H groups in total. The van der Waals surface area contributed by atoms with Crippen LogP contribution in [-0.4, -0.2) is 27.1 Å². The Bertz CT molecular complexity index is 597. The lowest BCUT2D eigenvalue weighted by Crippen LogP contribution is -2.48. The molecule has 19 heavy (non-hydrogen) atoms. The fourth-order valence-electron chi connectivity index (χ4n) is 1.64. The molecule has 2 aromatic rings. The maximum atomic E-state index is 12.2. The molecule has 1 amide bonds. The van der Waals surface area contributed by atoms with Crippen molar-refractivity contribution in [3.8, 4) is 0 Å². The summed E-state index contributed by atoms with van der Waals surface area (Å²) in [6.45, 7) is 1.98. The van der Waals surface area contributed by atoms with E-state index in [1.165, 1.54) is 0 Å². The van der Waals surface area contributed by atoms with Gasteiger partial charge >= 0.3 is 0 Å². The van der Waals surface area contributed by atoms with Crippen molar-refractivity contribution in [3.63, 3.8) is 0 Å². The maximum absolute atomic E-state index is 12.2. The number of hydrogen-bond donors (Lipinski definition) is 1. The molecule has 0 radical (unpaired) electrons. The van der Waals surface area contributed by atoms with E-state index < -0.39 is 0 Å². The maximum Gasteiger partial charge on any atom is 0.253 e. The Kier molecular flexibility index (Phi) is 4.58. The van der Waals surface area contributed by atoms with Gasteiger partial charge in [0.2, 0.25) is 0 Å². The molecule has 0 aliphatic heterocycles. The molecule has 1 aromatic carbocycles. The minimum absolute atomic E-state index is 0.111. The zero-order valence-electron chi connectivity index (χ0n) is 10.5. The molecule has 0 spiro atoms. The number of nitrogens with one attached hydrogen (secondary N) is 1. The molecular weight excluding hydrogens is 372 g/mol. The number of amides is 1. The van der Waals surface area contributed by atoms with Crippen LogP contribution in [0.3, 0.4) is 0 Å². The van der Waals surface area contributed by atoms with Crippen molar-refractivity contribution < 1.29 is 4.79 Å². The van der Waals surface area contributed by atoms with Gasteiger partial charge in [0, 0.05) is 22.2 Å². The summed E-state index contributed by atoms with van der Waals surface area (Å²) in [5, 5.41) is 5.33. The van der Waals surface area contributed by atoms with Crippen LogP contribution in [0.15, 0.2) is 36.5 Å². The van der Waals surface area contributed by atoms with Crippen LogP contribution in [0, 0.1) is 0 Å². The van der Waals surface area contributed by atoms with Crippen molar-refractivity contribution in [2.24, 2.45) is 0 Å². The van der Waals surface area contributed by atoms with Crippen LogP contribution in [0.5, 0.6) is 0 Å². The quantitative estimate of drug-likeness (QED) is 0.818. The van der Waals surface area contributed by atoms with E-state index in [1.54, 1.807) is 6.20 Å². The van der Waals surface area contributed by atoms with E-state index in [4.69, 9.17) is 0 Å². The highest BCUT2D eigenvalue weighted by molar-refractivity contribution is 9.09. The molecule has 1 aromatic heterocycles. The minimum Gasteiger partial charge on any atom is -0.345 e. The molecular formula is C14H14Br2N2O. The van der Waals surface area contributed by atoms with Crippen LogP contribution in [0.4, 0.5) is 0 Å². The SMILES string of the molecule is CC(CBr)(CBr)NC(=O)c1cnc2ccccc2c1. The summed E-state index contributed by atoms with van der Waals surface area (Å²) in [5.74, 6) is -0.111. The molecule has 0 aliphatic rings. The Hall–Kier alpha value is -0.940. The highest BCUT2D eigenvalue weighted by Crippen LogP contribution is 2.15. The molecule has 2 rings (SSSR count). The van der Waals surface area contributed by atoms with Crippen molar-refractivity contribution in [2.75, 3.05) is 10.7 Å². The summed E-state index contributed by atoms with van der Waals surface area (Å²) in [6.07, 6.45) is 1.61. The molecule has 0 fully saturated rings. The van der Waals surface area contributed by atoms with Gasteiger partial charge in [0.25, 0.3) is 5.91 Å². The monoisotopic (exact) mass is 384 g/mol. The van der Waals surface area contributed by atoms with Gasteiger partial charge in [0.05, 0.1) is 16.6 Å². The number of carbonyl (C=O) groups excluding carboxylic acids is 1. The van der Waals surface area contributed by atoms with Gasteiger partial charge in [-0.3, -0.25) is 9.78 Å². The zero-order chi connectivity index (χ0) is 13.9. The largest absolute Gasteiger partial charge is 0.345 e. The van der Waals surface area contributed by atoms with Gasteiger partial charge in [0.15, 0.2) is 0 Å². The second kappa shape index (κ2) is 6.01. The molecule has 0 saturated carbocycles. The summed E-state index contributed by atoms with van der Waals surface area (Å²) in [5.41, 5.74) is 1.15. The van der Waals surface area contributed by atoms with Crippen LogP contribution in [-0.2, 0) is 0 Å². The molecule has 0 aliphatic carbocycles. The van der Waals surface area contributed by atoms with E-state index in [1.807, 2.05) is 37.3 Å². The molecule has 5 heteroatoms. The first-order valence-corrected chi connectivity index (χ1v) is 8.11. The topological polar surface area (TPSA) is 42.0 Å². The van der Waals surface area contributed by atoms with E-state index in [2.05, 4.69) is 42.2 Å². The van der Waals surface area contributed by atoms with Gasteiger partial charge in [-0.15, -0.1) is 0 Å². The molecule has 0 bridgehead atoms. The summed E-state index contributed by atoms with van der Waals surface area (Å²) in [6, 6.07) is 9.61. The fraction of sp³-hybridized carbons (Fsp3) is 0.286. The lowest BCUT2D eigenvalue weighted by Gasteiger charge is -2.26. The predicted octanol–water partition coefficient (Wildman–Crippen LogP) is 3.51. The smallest absolute Gasteiger partial charge is 0.253 e. The standard InChI is InChI=1S/C14H14Br2N2O/c1-14(8-15,9-16)18-13(19)11-6-10-4-2-3-5-12(10)17-7-11/h2-7H,8-9H2,1H3,(H,18,19).